The molecule has 0 aliphatic heterocycles. The topological polar surface area (TPSA) is 103 Å². The molecule has 0 radical (unpaired) electrons. The van der Waals surface area contributed by atoms with Gasteiger partial charge in [-0.15, -0.1) is 6.42 Å². The zero-order valence-corrected chi connectivity index (χ0v) is 26.5. The number of rotatable bonds is 12. The molecule has 3 aromatic rings. The lowest BCUT2D eigenvalue weighted by Crippen LogP contribution is -2.49. The number of terminal acetylenes is 1. The summed E-state index contributed by atoms with van der Waals surface area (Å²) in [4.78, 5) is 27.0. The van der Waals surface area contributed by atoms with Gasteiger partial charge in [-0.2, -0.15) is 10.2 Å². The van der Waals surface area contributed by atoms with Gasteiger partial charge in [0.1, 0.15) is 25.0 Å². The third-order valence-corrected chi connectivity index (χ3v) is 9.42. The highest BCUT2D eigenvalue weighted by Gasteiger charge is 2.32. The monoisotopic (exact) mass is 589 g/mol. The van der Waals surface area contributed by atoms with Gasteiger partial charge in [-0.1, -0.05) is 57.0 Å². The van der Waals surface area contributed by atoms with E-state index in [0.29, 0.717) is 25.3 Å². The zero-order valence-electron chi connectivity index (χ0n) is 26.5. The Morgan fingerprint density at radius 2 is 1.86 bits per heavy atom. The first-order valence-corrected chi connectivity index (χ1v) is 18.4. The lowest BCUT2D eigenvalue weighted by atomic mass is 9.83. The van der Waals surface area contributed by atoms with E-state index in [9.17, 15) is 11.0 Å². The van der Waals surface area contributed by atoms with E-state index in [1.165, 1.54) is 16.9 Å². The predicted octanol–water partition coefficient (Wildman–Crippen LogP) is 5.63. The van der Waals surface area contributed by atoms with E-state index in [4.69, 9.17) is 16.3 Å². The van der Waals surface area contributed by atoms with E-state index in [1.54, 1.807) is 0 Å². The average Bonchev–Trinajstić information content (AvgIpc) is 3.55. The molecule has 2 N–H and O–H groups in total. The first-order valence-electron chi connectivity index (χ1n) is 15.2. The smallest absolute Gasteiger partial charge is 0.270 e. The number of benzene rings is 1. The molecule has 224 valence electrons. The van der Waals surface area contributed by atoms with Crippen molar-refractivity contribution in [1.29, 1.82) is 0 Å². The van der Waals surface area contributed by atoms with Crippen molar-refractivity contribution in [2.75, 3.05) is 11.9 Å². The summed E-state index contributed by atoms with van der Waals surface area (Å²) in [5.74, 6) is 1.03. The number of aryl methyl sites for hydroxylation is 1. The normalized spacial score (nSPS) is 15.9. The van der Waals surface area contributed by atoms with E-state index >= 15 is 0 Å². The lowest BCUT2D eigenvalue weighted by Gasteiger charge is -2.30. The van der Waals surface area contributed by atoms with E-state index < -0.39 is 25.9 Å². The van der Waals surface area contributed by atoms with Crippen LogP contribution in [0.4, 0.5) is 5.69 Å². The zero-order chi connectivity index (χ0) is 31.2. The van der Waals surface area contributed by atoms with Crippen molar-refractivity contribution in [2.45, 2.75) is 90.9 Å². The number of ether oxygens (including phenoxy) is 1. The second kappa shape index (κ2) is 14.0. The molecule has 0 saturated heterocycles. The summed E-state index contributed by atoms with van der Waals surface area (Å²) in [6.45, 7) is 12.3. The van der Waals surface area contributed by atoms with Gasteiger partial charge in [0, 0.05) is 37.8 Å². The molecule has 0 spiro atoms. The Kier molecular flexibility index (Phi) is 9.92. The highest BCUT2D eigenvalue weighted by molar-refractivity contribution is 6.76. The summed E-state index contributed by atoms with van der Waals surface area (Å²) in [7, 11) is -1.16. The molecular weight excluding hydrogens is 544 g/mol. The van der Waals surface area contributed by atoms with Crippen LogP contribution in [0.3, 0.4) is 0 Å². The van der Waals surface area contributed by atoms with Crippen molar-refractivity contribution in [1.82, 2.24) is 24.9 Å². The molecule has 2 heterocycles. The summed E-state index contributed by atoms with van der Waals surface area (Å²) in [5, 5.41) is 14.4. The summed E-state index contributed by atoms with van der Waals surface area (Å²) in [6.07, 6.45) is 11.1. The number of nitrogens with zero attached hydrogens (tertiary/aromatic N) is 4. The SMILES string of the molecule is [2H]C(NC(=O)c1ccnn1CC#C)(C(=O)Nc1ccc(-c2c(C)nn(COCC[Si](C)(C)C)c2C)cc1)C1CCCCC1. The highest BCUT2D eigenvalue weighted by atomic mass is 28.3. The minimum Gasteiger partial charge on any atom is -0.360 e. The molecule has 1 saturated carbocycles. The largest absolute Gasteiger partial charge is 0.360 e. The third kappa shape index (κ3) is 7.99. The molecule has 4 rings (SSSR count). The molecular formula is C32H44N6O3Si. The Morgan fingerprint density at radius 1 is 1.14 bits per heavy atom. The number of hydrogen-bond acceptors (Lipinski definition) is 5. The van der Waals surface area contributed by atoms with E-state index in [1.807, 2.05) is 42.8 Å². The van der Waals surface area contributed by atoms with Gasteiger partial charge in [0.25, 0.3) is 5.91 Å². The number of aromatic nitrogens is 4. The molecule has 1 aliphatic rings. The molecule has 1 aromatic carbocycles. The van der Waals surface area contributed by atoms with Gasteiger partial charge < -0.3 is 15.4 Å². The molecule has 2 aromatic heterocycles. The number of carbonyl (C=O) groups is 2. The second-order valence-electron chi connectivity index (χ2n) is 12.2. The highest BCUT2D eigenvalue weighted by Crippen LogP contribution is 2.30. The van der Waals surface area contributed by atoms with Crippen molar-refractivity contribution >= 4 is 25.6 Å². The van der Waals surface area contributed by atoms with Crippen LogP contribution in [0, 0.1) is 32.1 Å². The quantitative estimate of drug-likeness (QED) is 0.162. The van der Waals surface area contributed by atoms with Gasteiger partial charge >= 0.3 is 0 Å². The standard InChI is InChI=1S/C32H44N6O3Si/c1-7-19-37-28(17-18-33-37)31(39)35-30(26-11-9-8-10-12-26)32(40)34-27-15-13-25(14-16-27)29-23(2)36-38(24(29)3)22-41-20-21-42(4,5)6/h1,13-18,26,30H,8-12,19-22H2,2-6H3,(H,34,40)(H,35,39)/i30D. The number of hydrogen-bond donors (Lipinski definition) is 2. The second-order valence-corrected chi connectivity index (χ2v) is 17.8. The fraction of sp³-hybridized carbons (Fsp3) is 0.500. The van der Waals surface area contributed by atoms with Crippen LogP contribution >= 0.6 is 0 Å². The third-order valence-electron chi connectivity index (χ3n) is 7.72. The van der Waals surface area contributed by atoms with Crippen LogP contribution in [0.25, 0.3) is 11.1 Å². The summed E-state index contributed by atoms with van der Waals surface area (Å²) in [6, 6.07) is 8.30. The Labute approximate surface area is 251 Å². The van der Waals surface area contributed by atoms with Crippen molar-refractivity contribution < 1.29 is 15.7 Å². The van der Waals surface area contributed by atoms with Crippen molar-refractivity contribution in [3.8, 4) is 23.5 Å². The number of carbonyl (C=O) groups excluding carboxylic acids is 2. The van der Waals surface area contributed by atoms with E-state index in [0.717, 1.165) is 54.4 Å². The number of nitrogens with one attached hydrogen (secondary N) is 2. The molecule has 0 bridgehead atoms. The van der Waals surface area contributed by atoms with Crippen LogP contribution in [0.5, 0.6) is 0 Å². The van der Waals surface area contributed by atoms with Crippen molar-refractivity contribution in [3.63, 3.8) is 0 Å². The Bertz CT molecular complexity index is 1460. The Hall–Kier alpha value is -3.68. The molecule has 1 atom stereocenters. The minimum absolute atomic E-state index is 0.117. The molecule has 10 heteroatoms. The van der Waals surface area contributed by atoms with Crippen LogP contribution in [0.15, 0.2) is 36.5 Å². The molecule has 1 fully saturated rings. The number of anilines is 1. The first-order chi connectivity index (χ1) is 20.4. The minimum atomic E-state index is -1.86. The van der Waals surface area contributed by atoms with Crippen LogP contribution in [-0.4, -0.2) is 52.1 Å². The maximum atomic E-state index is 13.7. The van der Waals surface area contributed by atoms with Gasteiger partial charge in [0.05, 0.1) is 7.06 Å². The van der Waals surface area contributed by atoms with E-state index in [-0.39, 0.29) is 18.2 Å². The van der Waals surface area contributed by atoms with E-state index in [2.05, 4.69) is 41.3 Å². The number of amides is 2. The van der Waals surface area contributed by atoms with Crippen molar-refractivity contribution in [3.05, 3.63) is 53.6 Å². The van der Waals surface area contributed by atoms with Gasteiger partial charge in [-0.05, 0) is 62.4 Å². The maximum absolute atomic E-state index is 13.7. The molecule has 9 nitrogen and oxygen atoms in total. The predicted molar refractivity (Wildman–Crippen MR) is 169 cm³/mol. The first kappa shape index (κ1) is 29.8. The summed E-state index contributed by atoms with van der Waals surface area (Å²) >= 11 is 0. The fourth-order valence-corrected chi connectivity index (χ4v) is 6.10. The lowest BCUT2D eigenvalue weighted by molar-refractivity contribution is -0.119. The molecule has 42 heavy (non-hydrogen) atoms. The average molecular weight is 590 g/mol. The van der Waals surface area contributed by atoms with Gasteiger partial charge in [0.15, 0.2) is 0 Å². The van der Waals surface area contributed by atoms with Gasteiger partial charge in [0.2, 0.25) is 5.91 Å². The van der Waals surface area contributed by atoms with Crippen LogP contribution in [-0.2, 0) is 22.8 Å². The Morgan fingerprint density at radius 3 is 2.52 bits per heavy atom. The van der Waals surface area contributed by atoms with Gasteiger partial charge in [-0.25, -0.2) is 9.36 Å². The fourth-order valence-electron chi connectivity index (χ4n) is 5.35. The molecule has 2 amide bonds. The Balaban J connectivity index is 1.49. The molecule has 1 unspecified atom stereocenters. The van der Waals surface area contributed by atoms with Crippen LogP contribution in [0.2, 0.25) is 25.7 Å². The molecule has 1 aliphatic carbocycles. The van der Waals surface area contributed by atoms with Crippen LogP contribution < -0.4 is 10.6 Å². The van der Waals surface area contributed by atoms with Gasteiger partial charge in [-0.3, -0.25) is 9.59 Å². The van der Waals surface area contributed by atoms with Crippen molar-refractivity contribution in [2.24, 2.45) is 5.92 Å². The van der Waals surface area contributed by atoms with Crippen LogP contribution in [0.1, 0.15) is 55.4 Å². The summed E-state index contributed by atoms with van der Waals surface area (Å²) in [5.41, 5.74) is 4.68. The summed E-state index contributed by atoms with van der Waals surface area (Å²) < 4.78 is 18.5. The maximum Gasteiger partial charge on any atom is 0.270 e.